The van der Waals surface area contributed by atoms with Crippen LogP contribution in [0.3, 0.4) is 0 Å². The van der Waals surface area contributed by atoms with E-state index in [1.54, 1.807) is 66.7 Å². The van der Waals surface area contributed by atoms with Crippen LogP contribution in [0.2, 0.25) is 0 Å². The number of fused-ring (bicyclic) bond motifs is 3. The molecule has 0 radical (unpaired) electrons. The van der Waals surface area contributed by atoms with Gasteiger partial charge in [0.2, 0.25) is 0 Å². The molecule has 6 aromatic carbocycles. The van der Waals surface area contributed by atoms with Gasteiger partial charge in [0, 0.05) is 9.80 Å². The lowest BCUT2D eigenvalue weighted by Crippen LogP contribution is -1.98. The number of imidazole rings is 1. The van der Waals surface area contributed by atoms with E-state index in [1.165, 1.54) is 4.57 Å². The standard InChI is InChI=1S/C34H24N2/c1-23-35-31-18-10-11-19-32(31)36(23)26-20-21-29-30(22-26)34(25-14-6-3-7-15-25)28-17-9-8-16-27(28)33(29)24-12-4-2-5-13-24/h2-22H,1H3/i1D3,2D,3D,4D,5D,6D,7D,12D,13D,14D,15D. The number of aromatic nitrogens is 2. The molecule has 0 N–H and O–H groups in total. The van der Waals surface area contributed by atoms with Crippen molar-refractivity contribution < 1.29 is 17.8 Å². The van der Waals surface area contributed by atoms with Crippen molar-refractivity contribution in [3.05, 3.63) is 133 Å². The molecular weight excluding hydrogens is 436 g/mol. The molecule has 0 aliphatic rings. The number of para-hydroxylation sites is 2. The molecule has 0 amide bonds. The minimum absolute atomic E-state index is 0.0798. The van der Waals surface area contributed by atoms with E-state index in [2.05, 4.69) is 4.98 Å². The maximum Gasteiger partial charge on any atom is 0.111 e. The average Bonchev–Trinajstić information content (AvgIpc) is 3.49. The smallest absolute Gasteiger partial charge is 0.111 e. The fourth-order valence-corrected chi connectivity index (χ4v) is 4.88. The van der Waals surface area contributed by atoms with Crippen LogP contribution in [-0.4, -0.2) is 9.55 Å². The highest BCUT2D eigenvalue weighted by molar-refractivity contribution is 6.21. The Hall–Kier alpha value is -4.69. The first-order chi connectivity index (χ1) is 23.1. The first-order valence-corrected chi connectivity index (χ1v) is 11.3. The third kappa shape index (κ3) is 3.15. The molecule has 1 aromatic heterocycles. The van der Waals surface area contributed by atoms with Crippen molar-refractivity contribution in [3.8, 4) is 27.9 Å². The molecule has 0 aliphatic carbocycles. The third-order valence-electron chi connectivity index (χ3n) is 6.33. The van der Waals surface area contributed by atoms with Gasteiger partial charge in [-0.15, -0.1) is 0 Å². The van der Waals surface area contributed by atoms with Crippen molar-refractivity contribution in [1.29, 1.82) is 0 Å². The van der Waals surface area contributed by atoms with Gasteiger partial charge < -0.3 is 0 Å². The maximum absolute atomic E-state index is 8.91. The van der Waals surface area contributed by atoms with Gasteiger partial charge in [0.05, 0.1) is 24.7 Å². The zero-order valence-electron chi connectivity index (χ0n) is 31.7. The van der Waals surface area contributed by atoms with Crippen LogP contribution >= 0.6 is 0 Å². The van der Waals surface area contributed by atoms with Crippen LogP contribution in [0.4, 0.5) is 0 Å². The highest BCUT2D eigenvalue weighted by Gasteiger charge is 2.18. The van der Waals surface area contributed by atoms with E-state index in [1.807, 2.05) is 0 Å². The van der Waals surface area contributed by atoms with Gasteiger partial charge in [-0.25, -0.2) is 4.98 Å². The number of nitrogens with zero attached hydrogens (tertiary/aromatic N) is 2. The molecule has 0 atom stereocenters. The first kappa shape index (κ1) is 11.4. The minimum atomic E-state index is -2.63. The summed E-state index contributed by atoms with van der Waals surface area (Å²) in [6, 6.07) is 13.4. The van der Waals surface area contributed by atoms with Crippen LogP contribution in [0, 0.1) is 6.85 Å². The Morgan fingerprint density at radius 1 is 0.639 bits per heavy atom. The van der Waals surface area contributed by atoms with Gasteiger partial charge in [0.1, 0.15) is 5.82 Å². The number of aryl methyl sites for hydroxylation is 1. The normalized spacial score (nSPS) is 16.9. The average molecular weight is 474 g/mol. The molecule has 0 bridgehead atoms. The molecular formula is C34H24N2. The molecule has 0 fully saturated rings. The van der Waals surface area contributed by atoms with Gasteiger partial charge in [0.25, 0.3) is 0 Å². The molecule has 0 unspecified atom stereocenters. The molecule has 2 nitrogen and oxygen atoms in total. The van der Waals surface area contributed by atoms with E-state index in [4.69, 9.17) is 17.8 Å². The summed E-state index contributed by atoms with van der Waals surface area (Å²) in [5.74, 6) is -0.218. The van der Waals surface area contributed by atoms with E-state index in [-0.39, 0.29) is 28.1 Å². The molecule has 7 aromatic rings. The SMILES string of the molecule is [2H]c1c([2H])c([2H])c(-c2c3ccccc3c(-c3c([2H])c([2H])c([2H])c([2H])c3[2H])c3cc(-n4c(C([2H])([2H])[2H])nc5ccccc54)ccc23)c([2H])c1[2H]. The van der Waals surface area contributed by atoms with Gasteiger partial charge in [-0.2, -0.15) is 0 Å². The van der Waals surface area contributed by atoms with Crippen molar-refractivity contribution in [2.75, 3.05) is 0 Å². The molecule has 0 saturated carbocycles. The first-order valence-electron chi connectivity index (χ1n) is 17.8. The zero-order valence-corrected chi connectivity index (χ0v) is 18.7. The fourth-order valence-electron chi connectivity index (χ4n) is 4.88. The van der Waals surface area contributed by atoms with Gasteiger partial charge in [-0.05, 0) is 74.9 Å². The van der Waals surface area contributed by atoms with Crippen molar-refractivity contribution in [2.45, 2.75) is 6.85 Å². The number of benzene rings is 6. The Kier molecular flexibility index (Phi) is 2.59. The molecule has 7 rings (SSSR count). The molecule has 0 spiro atoms. The lowest BCUT2D eigenvalue weighted by atomic mass is 9.86. The van der Waals surface area contributed by atoms with E-state index in [0.29, 0.717) is 38.3 Å². The van der Waals surface area contributed by atoms with Crippen molar-refractivity contribution >= 4 is 32.6 Å². The fraction of sp³-hybridized carbons (Fsp3) is 0.0294. The molecule has 0 aliphatic heterocycles. The second-order valence-electron chi connectivity index (χ2n) is 8.29. The van der Waals surface area contributed by atoms with Crippen LogP contribution in [0.1, 0.15) is 23.6 Å². The van der Waals surface area contributed by atoms with Crippen LogP contribution in [0.15, 0.2) is 127 Å². The highest BCUT2D eigenvalue weighted by Crippen LogP contribution is 2.44. The summed E-state index contributed by atoms with van der Waals surface area (Å²) in [5.41, 5.74) is 1.58. The molecule has 1 heterocycles. The van der Waals surface area contributed by atoms with Crippen molar-refractivity contribution in [3.63, 3.8) is 0 Å². The van der Waals surface area contributed by atoms with Crippen molar-refractivity contribution in [1.82, 2.24) is 9.55 Å². The van der Waals surface area contributed by atoms with E-state index >= 15 is 0 Å². The predicted molar refractivity (Wildman–Crippen MR) is 152 cm³/mol. The summed E-state index contributed by atoms with van der Waals surface area (Å²) in [7, 11) is 0. The van der Waals surface area contributed by atoms with Gasteiger partial charge in [-0.3, -0.25) is 4.57 Å². The van der Waals surface area contributed by atoms with E-state index in [0.717, 1.165) is 0 Å². The third-order valence-corrected chi connectivity index (χ3v) is 6.33. The lowest BCUT2D eigenvalue weighted by molar-refractivity contribution is 1.00. The van der Waals surface area contributed by atoms with Gasteiger partial charge in [0.15, 0.2) is 0 Å². The van der Waals surface area contributed by atoms with Gasteiger partial charge in [-0.1, -0.05) is 103 Å². The Bertz CT molecular complexity index is 2490. The monoisotopic (exact) mass is 473 g/mol. The molecule has 0 saturated heterocycles. The second-order valence-corrected chi connectivity index (χ2v) is 8.29. The topological polar surface area (TPSA) is 17.8 Å². The number of hydrogen-bond acceptors (Lipinski definition) is 1. The van der Waals surface area contributed by atoms with E-state index in [9.17, 15) is 0 Å². The summed E-state index contributed by atoms with van der Waals surface area (Å²) >= 11 is 0. The van der Waals surface area contributed by atoms with Crippen LogP contribution in [0.5, 0.6) is 0 Å². The summed E-state index contributed by atoms with van der Waals surface area (Å²) in [5, 5.41) is 1.45. The van der Waals surface area contributed by atoms with Crippen LogP contribution in [-0.2, 0) is 0 Å². The minimum Gasteiger partial charge on any atom is -0.297 e. The van der Waals surface area contributed by atoms with E-state index < -0.39 is 67.3 Å². The zero-order chi connectivity index (χ0) is 35.3. The number of rotatable bonds is 3. The Morgan fingerprint density at radius 2 is 1.22 bits per heavy atom. The lowest BCUT2D eigenvalue weighted by Gasteiger charge is -2.19. The molecule has 170 valence electrons. The highest BCUT2D eigenvalue weighted by atomic mass is 15.1. The molecule has 36 heavy (non-hydrogen) atoms. The Labute approximate surface area is 228 Å². The summed E-state index contributed by atoms with van der Waals surface area (Å²) in [6.07, 6.45) is 0. The summed E-state index contributed by atoms with van der Waals surface area (Å²) < 4.78 is 112. The number of hydrogen-bond donors (Lipinski definition) is 0. The van der Waals surface area contributed by atoms with Crippen LogP contribution < -0.4 is 0 Å². The Balaban J connectivity index is 1.75. The van der Waals surface area contributed by atoms with Crippen LogP contribution in [0.25, 0.3) is 60.5 Å². The maximum atomic E-state index is 8.91. The second kappa shape index (κ2) is 8.21. The summed E-state index contributed by atoms with van der Waals surface area (Å²) in [6.45, 7) is -2.63. The summed E-state index contributed by atoms with van der Waals surface area (Å²) in [4.78, 5) is 4.41. The largest absolute Gasteiger partial charge is 0.297 e. The Morgan fingerprint density at radius 3 is 1.89 bits per heavy atom. The van der Waals surface area contributed by atoms with Gasteiger partial charge >= 0.3 is 0 Å². The molecule has 2 heteroatoms. The quantitative estimate of drug-likeness (QED) is 0.234. The predicted octanol–water partition coefficient (Wildman–Crippen LogP) is 8.97. The van der Waals surface area contributed by atoms with Crippen molar-refractivity contribution in [2.24, 2.45) is 0 Å².